The lowest BCUT2D eigenvalue weighted by Gasteiger charge is -2.18. The van der Waals surface area contributed by atoms with Crippen LogP contribution in [0.5, 0.6) is 0 Å². The number of carbonyl (C=O) groups excluding carboxylic acids is 2. The number of aryl methyl sites for hydroxylation is 1. The molecule has 0 bridgehead atoms. The lowest BCUT2D eigenvalue weighted by atomic mass is 10.1. The highest BCUT2D eigenvalue weighted by atomic mass is 16.2. The normalized spacial score (nSPS) is 15.0. The highest BCUT2D eigenvalue weighted by Gasteiger charge is 2.21. The largest absolute Gasteiger partial charge is 0.343 e. The van der Waals surface area contributed by atoms with Gasteiger partial charge in [-0.15, -0.1) is 0 Å². The highest BCUT2D eigenvalue weighted by Crippen LogP contribution is 2.14. The molecule has 1 heterocycles. The van der Waals surface area contributed by atoms with E-state index in [1.54, 1.807) is 13.8 Å². The van der Waals surface area contributed by atoms with Gasteiger partial charge >= 0.3 is 0 Å². The summed E-state index contributed by atoms with van der Waals surface area (Å²) in [5, 5.41) is 2.78. The second kappa shape index (κ2) is 6.92. The van der Waals surface area contributed by atoms with Gasteiger partial charge in [0.1, 0.15) is 0 Å². The Bertz CT molecular complexity index is 526. The summed E-state index contributed by atoms with van der Waals surface area (Å²) in [5.74, 6) is 0.0178. The summed E-state index contributed by atoms with van der Waals surface area (Å²) in [4.78, 5) is 25.7. The van der Waals surface area contributed by atoms with Gasteiger partial charge in [-0.1, -0.05) is 12.1 Å². The van der Waals surface area contributed by atoms with E-state index < -0.39 is 5.54 Å². The third kappa shape index (κ3) is 4.56. The Hall–Kier alpha value is -1.88. The molecule has 3 N–H and O–H groups in total. The minimum absolute atomic E-state index is 0.218. The Balaban J connectivity index is 1.84. The van der Waals surface area contributed by atoms with Crippen LogP contribution in [-0.4, -0.2) is 35.3 Å². The Morgan fingerprint density at radius 2 is 1.77 bits per heavy atom. The van der Waals surface area contributed by atoms with Crippen molar-refractivity contribution in [2.45, 2.75) is 45.1 Å². The Morgan fingerprint density at radius 3 is 2.32 bits per heavy atom. The maximum absolute atomic E-state index is 12.0. The monoisotopic (exact) mass is 303 g/mol. The molecule has 0 unspecified atom stereocenters. The predicted octanol–water partition coefficient (Wildman–Crippen LogP) is 1.92. The molecular weight excluding hydrogens is 278 g/mol. The molecule has 0 saturated carbocycles. The molecule has 1 aliphatic rings. The molecule has 5 nitrogen and oxygen atoms in total. The lowest BCUT2D eigenvalue weighted by Crippen LogP contribution is -2.45. The summed E-state index contributed by atoms with van der Waals surface area (Å²) >= 11 is 0. The number of carbonyl (C=O) groups is 2. The number of amides is 2. The number of nitrogens with two attached hydrogens (primary N) is 1. The van der Waals surface area contributed by atoms with E-state index in [1.807, 2.05) is 29.2 Å². The quantitative estimate of drug-likeness (QED) is 0.872. The summed E-state index contributed by atoms with van der Waals surface area (Å²) in [6.45, 7) is 5.14. The fourth-order valence-corrected chi connectivity index (χ4v) is 2.42. The standard InChI is InChI=1S/C17H25N3O2/c1-17(2,18)16(22)19-14-8-5-13(6-9-14)7-10-15(21)20-11-3-4-12-20/h5-6,8-9H,3-4,7,10-12,18H2,1-2H3,(H,19,22). The zero-order valence-corrected chi connectivity index (χ0v) is 13.4. The molecule has 1 aliphatic heterocycles. The van der Waals surface area contributed by atoms with Gasteiger partial charge in [0.15, 0.2) is 0 Å². The maximum atomic E-state index is 12.0. The number of hydrogen-bond acceptors (Lipinski definition) is 3. The van der Waals surface area contributed by atoms with Crippen LogP contribution >= 0.6 is 0 Å². The van der Waals surface area contributed by atoms with E-state index in [0.717, 1.165) is 43.6 Å². The Morgan fingerprint density at radius 1 is 1.18 bits per heavy atom. The molecule has 1 aromatic rings. The van der Waals surface area contributed by atoms with Crippen LogP contribution in [0.4, 0.5) is 5.69 Å². The summed E-state index contributed by atoms with van der Waals surface area (Å²) < 4.78 is 0. The highest BCUT2D eigenvalue weighted by molar-refractivity contribution is 5.97. The van der Waals surface area contributed by atoms with Gasteiger partial charge in [-0.2, -0.15) is 0 Å². The van der Waals surface area contributed by atoms with Crippen molar-refractivity contribution in [1.29, 1.82) is 0 Å². The van der Waals surface area contributed by atoms with Crippen molar-refractivity contribution in [1.82, 2.24) is 4.90 Å². The molecule has 2 amide bonds. The minimum Gasteiger partial charge on any atom is -0.343 e. The molecule has 1 saturated heterocycles. The van der Waals surface area contributed by atoms with Crippen molar-refractivity contribution < 1.29 is 9.59 Å². The van der Waals surface area contributed by atoms with Crippen molar-refractivity contribution in [3.63, 3.8) is 0 Å². The van der Waals surface area contributed by atoms with Gasteiger partial charge in [0.05, 0.1) is 5.54 Å². The van der Waals surface area contributed by atoms with E-state index in [2.05, 4.69) is 5.32 Å². The molecule has 120 valence electrons. The first-order valence-electron chi connectivity index (χ1n) is 7.83. The van der Waals surface area contributed by atoms with Gasteiger partial charge in [0, 0.05) is 25.2 Å². The number of hydrogen-bond donors (Lipinski definition) is 2. The van der Waals surface area contributed by atoms with Gasteiger partial charge in [-0.05, 0) is 50.8 Å². The smallest absolute Gasteiger partial charge is 0.243 e. The van der Waals surface area contributed by atoms with Gasteiger partial charge in [-0.25, -0.2) is 0 Å². The molecule has 2 rings (SSSR count). The summed E-state index contributed by atoms with van der Waals surface area (Å²) in [5.41, 5.74) is 6.66. The van der Waals surface area contributed by atoms with Crippen molar-refractivity contribution in [2.75, 3.05) is 18.4 Å². The average Bonchev–Trinajstić information content (AvgIpc) is 2.99. The van der Waals surface area contributed by atoms with Crippen LogP contribution in [0.3, 0.4) is 0 Å². The molecule has 1 aromatic carbocycles. The van der Waals surface area contributed by atoms with Crippen LogP contribution < -0.4 is 11.1 Å². The SMILES string of the molecule is CC(C)(N)C(=O)Nc1ccc(CCC(=O)N2CCCC2)cc1. The first kappa shape index (κ1) is 16.5. The van der Waals surface area contributed by atoms with E-state index in [4.69, 9.17) is 5.73 Å². The molecular formula is C17H25N3O2. The minimum atomic E-state index is -0.902. The summed E-state index contributed by atoms with van der Waals surface area (Å²) in [6.07, 6.45) is 3.52. The lowest BCUT2D eigenvalue weighted by molar-refractivity contribution is -0.130. The Kier molecular flexibility index (Phi) is 5.19. The van der Waals surface area contributed by atoms with Gasteiger partial charge in [0.25, 0.3) is 0 Å². The molecule has 0 aliphatic carbocycles. The van der Waals surface area contributed by atoms with E-state index in [9.17, 15) is 9.59 Å². The van der Waals surface area contributed by atoms with E-state index in [1.165, 1.54) is 0 Å². The van der Waals surface area contributed by atoms with Crippen LogP contribution in [-0.2, 0) is 16.0 Å². The first-order chi connectivity index (χ1) is 10.4. The van der Waals surface area contributed by atoms with Crippen LogP contribution in [0.1, 0.15) is 38.7 Å². The zero-order valence-electron chi connectivity index (χ0n) is 13.4. The number of nitrogens with zero attached hydrogens (tertiary/aromatic N) is 1. The number of nitrogens with one attached hydrogen (secondary N) is 1. The molecule has 0 radical (unpaired) electrons. The Labute approximate surface area is 131 Å². The van der Waals surface area contributed by atoms with Crippen molar-refractivity contribution in [3.05, 3.63) is 29.8 Å². The van der Waals surface area contributed by atoms with Crippen LogP contribution in [0.25, 0.3) is 0 Å². The van der Waals surface area contributed by atoms with Gasteiger partial charge < -0.3 is 16.0 Å². The summed E-state index contributed by atoms with van der Waals surface area (Å²) in [7, 11) is 0. The van der Waals surface area contributed by atoms with Crippen LogP contribution in [0, 0.1) is 0 Å². The zero-order chi connectivity index (χ0) is 16.2. The van der Waals surface area contributed by atoms with E-state index in [-0.39, 0.29) is 11.8 Å². The fraction of sp³-hybridized carbons (Fsp3) is 0.529. The third-order valence-electron chi connectivity index (χ3n) is 3.88. The molecule has 0 spiro atoms. The second-order valence-electron chi connectivity index (χ2n) is 6.46. The third-order valence-corrected chi connectivity index (χ3v) is 3.88. The van der Waals surface area contributed by atoms with Crippen molar-refractivity contribution in [2.24, 2.45) is 5.73 Å². The molecule has 1 fully saturated rings. The first-order valence-corrected chi connectivity index (χ1v) is 7.83. The van der Waals surface area contributed by atoms with Crippen LogP contribution in [0.15, 0.2) is 24.3 Å². The van der Waals surface area contributed by atoms with Gasteiger partial charge in [0.2, 0.25) is 11.8 Å². The number of likely N-dealkylation sites (tertiary alicyclic amines) is 1. The number of rotatable bonds is 5. The van der Waals surface area contributed by atoms with Crippen molar-refractivity contribution in [3.8, 4) is 0 Å². The van der Waals surface area contributed by atoms with E-state index in [0.29, 0.717) is 6.42 Å². The average molecular weight is 303 g/mol. The van der Waals surface area contributed by atoms with Crippen LogP contribution in [0.2, 0.25) is 0 Å². The predicted molar refractivity (Wildman–Crippen MR) is 87.5 cm³/mol. The molecule has 0 atom stereocenters. The number of benzene rings is 1. The summed E-state index contributed by atoms with van der Waals surface area (Å²) in [6, 6.07) is 7.57. The fourth-order valence-electron chi connectivity index (χ4n) is 2.42. The molecule has 5 heteroatoms. The number of anilines is 1. The second-order valence-corrected chi connectivity index (χ2v) is 6.46. The molecule has 22 heavy (non-hydrogen) atoms. The van der Waals surface area contributed by atoms with Gasteiger partial charge in [-0.3, -0.25) is 9.59 Å². The van der Waals surface area contributed by atoms with Crippen molar-refractivity contribution >= 4 is 17.5 Å². The topological polar surface area (TPSA) is 75.4 Å². The molecule has 0 aromatic heterocycles. The maximum Gasteiger partial charge on any atom is 0.243 e. The van der Waals surface area contributed by atoms with E-state index >= 15 is 0 Å².